The molecule has 0 atom stereocenters. The molecule has 0 fully saturated rings. The second-order valence-corrected chi connectivity index (χ2v) is 15.9. The highest BCUT2D eigenvalue weighted by Gasteiger charge is 2.21. The van der Waals surface area contributed by atoms with Crippen LogP contribution in [0.25, 0.3) is 128 Å². The van der Waals surface area contributed by atoms with E-state index in [0.717, 1.165) is 94.0 Å². The number of rotatable bonds is 6. The number of hydrogen-bond donors (Lipinski definition) is 0. The van der Waals surface area contributed by atoms with Crippen LogP contribution < -0.4 is 0 Å². The molecule has 6 nitrogen and oxygen atoms in total. The first-order chi connectivity index (χ1) is 31.2. The molecule has 0 amide bonds. The second-order valence-electron chi connectivity index (χ2n) is 15.9. The maximum atomic E-state index is 6.58. The molecule has 0 aliphatic carbocycles. The van der Waals surface area contributed by atoms with E-state index in [4.69, 9.17) is 23.8 Å². The minimum Gasteiger partial charge on any atom is -0.456 e. The first-order valence-corrected chi connectivity index (χ1v) is 21.1. The van der Waals surface area contributed by atoms with Gasteiger partial charge in [-0.25, -0.2) is 15.0 Å². The summed E-state index contributed by atoms with van der Waals surface area (Å²) in [4.78, 5) is 15.5. The fourth-order valence-electron chi connectivity index (χ4n) is 9.36. The predicted molar refractivity (Wildman–Crippen MR) is 256 cm³/mol. The summed E-state index contributed by atoms with van der Waals surface area (Å²) >= 11 is 0. The van der Waals surface area contributed by atoms with Crippen molar-refractivity contribution in [3.8, 4) is 62.1 Å². The lowest BCUT2D eigenvalue weighted by Crippen LogP contribution is -2.00. The van der Waals surface area contributed by atoms with Crippen LogP contribution in [0.5, 0.6) is 0 Å². The van der Waals surface area contributed by atoms with Crippen molar-refractivity contribution in [3.05, 3.63) is 206 Å². The summed E-state index contributed by atoms with van der Waals surface area (Å²) in [6, 6.07) is 71.5. The van der Waals surface area contributed by atoms with Gasteiger partial charge in [0, 0.05) is 54.7 Å². The zero-order chi connectivity index (χ0) is 41.4. The van der Waals surface area contributed by atoms with Crippen LogP contribution >= 0.6 is 0 Å². The van der Waals surface area contributed by atoms with E-state index >= 15 is 0 Å². The van der Waals surface area contributed by atoms with E-state index in [1.54, 1.807) is 0 Å². The van der Waals surface area contributed by atoms with Crippen LogP contribution in [-0.4, -0.2) is 19.5 Å². The minimum absolute atomic E-state index is 0.554. The number of para-hydroxylation sites is 2. The van der Waals surface area contributed by atoms with Gasteiger partial charge in [-0.3, -0.25) is 0 Å². The Bertz CT molecular complexity index is 3900. The molecule has 6 heteroatoms. The largest absolute Gasteiger partial charge is 0.456 e. The molecule has 4 aromatic heterocycles. The average molecular weight is 807 g/mol. The number of fused-ring (bicyclic) bond motifs is 9. The normalized spacial score (nSPS) is 11.8. The Morgan fingerprint density at radius 2 is 0.905 bits per heavy atom. The van der Waals surface area contributed by atoms with Crippen LogP contribution in [-0.2, 0) is 0 Å². The first kappa shape index (κ1) is 35.2. The van der Waals surface area contributed by atoms with Crippen molar-refractivity contribution in [1.29, 1.82) is 0 Å². The van der Waals surface area contributed by atoms with Crippen LogP contribution in [0.4, 0.5) is 0 Å². The number of hydrogen-bond acceptors (Lipinski definition) is 5. The van der Waals surface area contributed by atoms with Crippen molar-refractivity contribution < 1.29 is 8.83 Å². The van der Waals surface area contributed by atoms with Gasteiger partial charge in [-0.05, 0) is 89.0 Å². The van der Waals surface area contributed by atoms with Gasteiger partial charge in [-0.1, -0.05) is 140 Å². The van der Waals surface area contributed by atoms with Gasteiger partial charge in [-0.2, -0.15) is 0 Å². The molecule has 13 aromatic rings. The zero-order valence-electron chi connectivity index (χ0n) is 33.7. The molecule has 0 saturated heterocycles. The summed E-state index contributed by atoms with van der Waals surface area (Å²) < 4.78 is 15.4. The average Bonchev–Trinajstić information content (AvgIpc) is 4.03. The fourth-order valence-corrected chi connectivity index (χ4v) is 9.36. The molecule has 13 rings (SSSR count). The Balaban J connectivity index is 0.983. The number of aromatic nitrogens is 4. The summed E-state index contributed by atoms with van der Waals surface area (Å²) in [5.41, 5.74) is 13.8. The molecular formula is C57H34N4O2. The van der Waals surface area contributed by atoms with Crippen molar-refractivity contribution >= 4 is 65.7 Å². The fraction of sp³-hybridized carbons (Fsp3) is 0. The van der Waals surface area contributed by atoms with E-state index in [0.29, 0.717) is 17.5 Å². The second kappa shape index (κ2) is 14.0. The molecule has 0 unspecified atom stereocenters. The molecule has 0 spiro atoms. The van der Waals surface area contributed by atoms with Gasteiger partial charge in [0.25, 0.3) is 0 Å². The lowest BCUT2D eigenvalue weighted by atomic mass is 9.97. The van der Waals surface area contributed by atoms with E-state index in [-0.39, 0.29) is 0 Å². The monoisotopic (exact) mass is 806 g/mol. The lowest BCUT2D eigenvalue weighted by molar-refractivity contribution is 0.668. The standard InChI is InChI=1S/C57H34N4O2/c1-4-14-35(15-5-1)37-27-30-49-45(32-37)42-29-26-39(34-52(42)63-49)56-58-55(36-16-6-2-7-17-36)59-57(60-56)44-22-13-25-51-54(44)46-33-38(28-31-50(46)62-51)41-21-12-24-48-53(41)43-20-10-11-23-47(43)61(48)40-18-8-3-9-19-40/h1-34H. The molecule has 0 radical (unpaired) electrons. The predicted octanol–water partition coefficient (Wildman–Crippen LogP) is 15.1. The van der Waals surface area contributed by atoms with E-state index in [2.05, 4.69) is 156 Å². The Morgan fingerprint density at radius 3 is 1.73 bits per heavy atom. The topological polar surface area (TPSA) is 69.9 Å². The van der Waals surface area contributed by atoms with Crippen molar-refractivity contribution in [2.45, 2.75) is 0 Å². The van der Waals surface area contributed by atoms with Crippen LogP contribution in [0.1, 0.15) is 0 Å². The van der Waals surface area contributed by atoms with E-state index in [1.165, 1.54) is 16.3 Å². The molecule has 0 saturated carbocycles. The summed E-state index contributed by atoms with van der Waals surface area (Å²) in [5.74, 6) is 1.70. The Morgan fingerprint density at radius 1 is 0.302 bits per heavy atom. The Labute approximate surface area is 361 Å². The third-order valence-electron chi connectivity index (χ3n) is 12.3. The van der Waals surface area contributed by atoms with Gasteiger partial charge in [0.1, 0.15) is 22.3 Å². The van der Waals surface area contributed by atoms with E-state index < -0.39 is 0 Å². The molecule has 4 heterocycles. The highest BCUT2D eigenvalue weighted by molar-refractivity contribution is 6.18. The van der Waals surface area contributed by atoms with E-state index in [1.807, 2.05) is 54.6 Å². The third-order valence-corrected chi connectivity index (χ3v) is 12.3. The smallest absolute Gasteiger partial charge is 0.164 e. The van der Waals surface area contributed by atoms with Gasteiger partial charge in [0.05, 0.1) is 11.0 Å². The van der Waals surface area contributed by atoms with Gasteiger partial charge in [0.15, 0.2) is 17.5 Å². The molecule has 0 N–H and O–H groups in total. The molecule has 294 valence electrons. The van der Waals surface area contributed by atoms with Crippen LogP contribution in [0.2, 0.25) is 0 Å². The SMILES string of the molecule is c1ccc(-c2ccc3oc4cc(-c5nc(-c6ccccc6)nc(-c6cccc7oc8ccc(-c9cccc%10c9c9ccccc9n%10-c9ccccc9)cc8c67)n5)ccc4c3c2)cc1. The molecule has 9 aromatic carbocycles. The molecular weight excluding hydrogens is 773 g/mol. The van der Waals surface area contributed by atoms with Crippen molar-refractivity contribution in [2.24, 2.45) is 0 Å². The minimum atomic E-state index is 0.554. The summed E-state index contributed by atoms with van der Waals surface area (Å²) in [5, 5.41) is 6.45. The van der Waals surface area contributed by atoms with Gasteiger partial charge in [-0.15, -0.1) is 0 Å². The third kappa shape index (κ3) is 5.69. The first-order valence-electron chi connectivity index (χ1n) is 21.1. The molecule has 63 heavy (non-hydrogen) atoms. The van der Waals surface area contributed by atoms with Crippen molar-refractivity contribution in [1.82, 2.24) is 19.5 Å². The van der Waals surface area contributed by atoms with Crippen molar-refractivity contribution in [2.75, 3.05) is 0 Å². The molecule has 0 bridgehead atoms. The summed E-state index contributed by atoms with van der Waals surface area (Å²) in [6.07, 6.45) is 0. The summed E-state index contributed by atoms with van der Waals surface area (Å²) in [6.45, 7) is 0. The quantitative estimate of drug-likeness (QED) is 0.167. The molecule has 0 aliphatic heterocycles. The van der Waals surface area contributed by atoms with E-state index in [9.17, 15) is 0 Å². The van der Waals surface area contributed by atoms with Crippen molar-refractivity contribution in [3.63, 3.8) is 0 Å². The lowest BCUT2D eigenvalue weighted by Gasteiger charge is -2.10. The Kier molecular flexibility index (Phi) is 7.80. The maximum Gasteiger partial charge on any atom is 0.164 e. The van der Waals surface area contributed by atoms with Crippen LogP contribution in [0, 0.1) is 0 Å². The number of benzene rings is 9. The Hall–Kier alpha value is -8.61. The number of nitrogens with zero attached hydrogens (tertiary/aromatic N) is 4. The number of furan rings is 2. The highest BCUT2D eigenvalue weighted by atomic mass is 16.3. The maximum absolute atomic E-state index is 6.58. The van der Waals surface area contributed by atoms with Gasteiger partial charge < -0.3 is 13.4 Å². The van der Waals surface area contributed by atoms with Crippen LogP contribution in [0.15, 0.2) is 215 Å². The molecule has 0 aliphatic rings. The van der Waals surface area contributed by atoms with Gasteiger partial charge in [0.2, 0.25) is 0 Å². The zero-order valence-corrected chi connectivity index (χ0v) is 33.7. The highest BCUT2D eigenvalue weighted by Crippen LogP contribution is 2.43. The van der Waals surface area contributed by atoms with Gasteiger partial charge >= 0.3 is 0 Å². The summed E-state index contributed by atoms with van der Waals surface area (Å²) in [7, 11) is 0. The van der Waals surface area contributed by atoms with Crippen LogP contribution in [0.3, 0.4) is 0 Å².